The van der Waals surface area contributed by atoms with Gasteiger partial charge in [0, 0.05) is 19.0 Å². The largest absolute Gasteiger partial charge is 0.354 e. The van der Waals surface area contributed by atoms with E-state index >= 15 is 0 Å². The van der Waals surface area contributed by atoms with Gasteiger partial charge in [0.25, 0.3) is 0 Å². The highest BCUT2D eigenvalue weighted by Gasteiger charge is 2.16. The smallest absolute Gasteiger partial charge is 0.238 e. The van der Waals surface area contributed by atoms with E-state index in [9.17, 15) is 9.59 Å². The second kappa shape index (κ2) is 6.70. The predicted molar refractivity (Wildman–Crippen MR) is 57.1 cm³/mol. The lowest BCUT2D eigenvalue weighted by atomic mass is 10.1. The number of hydrogen-bond donors (Lipinski definition) is 4. The number of carbonyl (C=O) groups excluding carboxylic acids is 2. The van der Waals surface area contributed by atoms with Crippen molar-refractivity contribution < 1.29 is 9.59 Å². The molecule has 2 amide bonds. The summed E-state index contributed by atoms with van der Waals surface area (Å²) in [4.78, 5) is 22.0. The zero-order valence-electron chi connectivity index (χ0n) is 8.12. The summed E-state index contributed by atoms with van der Waals surface area (Å²) in [5, 5.41) is 4.88. The molecule has 0 aromatic heterocycles. The molecular formula is C7H17N4O2P. The van der Waals surface area contributed by atoms with Gasteiger partial charge in [-0.25, -0.2) is 0 Å². The highest BCUT2D eigenvalue weighted by atomic mass is 31.0. The molecule has 0 fully saturated rings. The minimum absolute atomic E-state index is 0.162. The standard InChI is InChI=1S/C7H17N4O2P/c1-4(8)6(9)7(13)10-3-2-5(12)11-14/h4,6H,2-3,8-9,14H2,1H3,(H,10,13)(H,11,12). The van der Waals surface area contributed by atoms with E-state index in [4.69, 9.17) is 11.5 Å². The average molecular weight is 220 g/mol. The maximum Gasteiger partial charge on any atom is 0.238 e. The average Bonchev–Trinajstić information content (AvgIpc) is 2.15. The lowest BCUT2D eigenvalue weighted by Gasteiger charge is -2.14. The van der Waals surface area contributed by atoms with Crippen LogP contribution in [0.15, 0.2) is 0 Å². The fraction of sp³-hybridized carbons (Fsp3) is 0.714. The molecule has 0 aliphatic rings. The molecule has 0 radical (unpaired) electrons. The number of nitrogens with one attached hydrogen (secondary N) is 2. The zero-order chi connectivity index (χ0) is 11.1. The summed E-state index contributed by atoms with van der Waals surface area (Å²) in [6.07, 6.45) is 0.223. The molecule has 0 rings (SSSR count). The van der Waals surface area contributed by atoms with Crippen LogP contribution >= 0.6 is 9.39 Å². The first kappa shape index (κ1) is 13.3. The van der Waals surface area contributed by atoms with Gasteiger partial charge in [-0.05, 0) is 16.3 Å². The van der Waals surface area contributed by atoms with Crippen LogP contribution in [0.5, 0.6) is 0 Å². The molecule has 7 heteroatoms. The molecule has 0 saturated carbocycles. The van der Waals surface area contributed by atoms with Crippen molar-refractivity contribution in [1.29, 1.82) is 0 Å². The van der Waals surface area contributed by atoms with Crippen molar-refractivity contribution >= 4 is 21.2 Å². The fourth-order valence-corrected chi connectivity index (χ4v) is 0.872. The summed E-state index contributed by atoms with van der Waals surface area (Å²) in [6, 6.07) is -1.13. The van der Waals surface area contributed by atoms with Gasteiger partial charge in [0.05, 0.1) is 6.04 Å². The number of carbonyl (C=O) groups is 2. The molecule has 0 bridgehead atoms. The Hall–Kier alpha value is -0.710. The van der Waals surface area contributed by atoms with E-state index in [1.54, 1.807) is 6.92 Å². The topological polar surface area (TPSA) is 110 Å². The Morgan fingerprint density at radius 1 is 1.43 bits per heavy atom. The molecule has 3 unspecified atom stereocenters. The van der Waals surface area contributed by atoms with Crippen LogP contribution < -0.4 is 21.9 Å². The minimum atomic E-state index is -0.728. The van der Waals surface area contributed by atoms with Crippen LogP contribution in [0, 0.1) is 0 Å². The maximum atomic E-state index is 11.2. The quantitative estimate of drug-likeness (QED) is 0.404. The van der Waals surface area contributed by atoms with Crippen LogP contribution in [0.25, 0.3) is 0 Å². The Balaban J connectivity index is 3.69. The molecule has 0 aliphatic carbocycles. The summed E-state index contributed by atoms with van der Waals surface area (Å²) >= 11 is 0. The van der Waals surface area contributed by atoms with E-state index in [1.165, 1.54) is 0 Å². The molecule has 0 aromatic carbocycles. The van der Waals surface area contributed by atoms with Crippen molar-refractivity contribution in [2.75, 3.05) is 6.54 Å². The summed E-state index contributed by atoms with van der Waals surface area (Å²) in [5.74, 6) is -0.499. The molecule has 0 aliphatic heterocycles. The lowest BCUT2D eigenvalue weighted by Crippen LogP contribution is -2.51. The van der Waals surface area contributed by atoms with Gasteiger partial charge >= 0.3 is 0 Å². The first-order valence-corrected chi connectivity index (χ1v) is 4.85. The monoisotopic (exact) mass is 220 g/mol. The Morgan fingerprint density at radius 3 is 2.43 bits per heavy atom. The molecule has 0 heterocycles. The minimum Gasteiger partial charge on any atom is -0.354 e. The molecule has 82 valence electrons. The first-order valence-electron chi connectivity index (χ1n) is 4.27. The van der Waals surface area contributed by atoms with Gasteiger partial charge in [-0.15, -0.1) is 0 Å². The molecule has 6 N–H and O–H groups in total. The SMILES string of the molecule is CC(N)C(N)C(=O)NCCC(=O)NP. The third-order valence-electron chi connectivity index (χ3n) is 1.68. The van der Waals surface area contributed by atoms with Crippen LogP contribution in [0.3, 0.4) is 0 Å². The van der Waals surface area contributed by atoms with E-state index in [2.05, 4.69) is 19.8 Å². The molecule has 0 spiro atoms. The zero-order valence-corrected chi connectivity index (χ0v) is 9.27. The lowest BCUT2D eigenvalue weighted by molar-refractivity contribution is -0.123. The van der Waals surface area contributed by atoms with Gasteiger partial charge in [0.1, 0.15) is 0 Å². The third-order valence-corrected chi connectivity index (χ3v) is 2.00. The summed E-state index contributed by atoms with van der Waals surface area (Å²) in [6.45, 7) is 1.92. The van der Waals surface area contributed by atoms with Crippen molar-refractivity contribution in [2.24, 2.45) is 11.5 Å². The van der Waals surface area contributed by atoms with E-state index < -0.39 is 12.1 Å². The molecule has 0 saturated heterocycles. The number of nitrogens with two attached hydrogens (primary N) is 2. The van der Waals surface area contributed by atoms with Crippen molar-refractivity contribution in [1.82, 2.24) is 10.4 Å². The third kappa shape index (κ3) is 5.11. The second-order valence-electron chi connectivity index (χ2n) is 2.99. The second-order valence-corrected chi connectivity index (χ2v) is 3.28. The summed E-state index contributed by atoms with van der Waals surface area (Å²) < 4.78 is 0. The van der Waals surface area contributed by atoms with Gasteiger partial charge in [-0.2, -0.15) is 0 Å². The van der Waals surface area contributed by atoms with E-state index in [1.807, 2.05) is 0 Å². The Kier molecular flexibility index (Phi) is 6.36. The van der Waals surface area contributed by atoms with Crippen molar-refractivity contribution in [2.45, 2.75) is 25.4 Å². The summed E-state index contributed by atoms with van der Waals surface area (Å²) in [5.41, 5.74) is 10.9. The molecule has 3 atom stereocenters. The molecular weight excluding hydrogens is 203 g/mol. The normalized spacial score (nSPS) is 14.3. The molecule has 6 nitrogen and oxygen atoms in total. The number of hydrogen-bond acceptors (Lipinski definition) is 4. The maximum absolute atomic E-state index is 11.2. The van der Waals surface area contributed by atoms with Crippen LogP contribution in [-0.2, 0) is 9.59 Å². The highest BCUT2D eigenvalue weighted by Crippen LogP contribution is 1.86. The van der Waals surface area contributed by atoms with Crippen molar-refractivity contribution in [3.63, 3.8) is 0 Å². The van der Waals surface area contributed by atoms with Gasteiger partial charge in [-0.1, -0.05) is 0 Å². The van der Waals surface area contributed by atoms with Crippen LogP contribution in [0.4, 0.5) is 0 Å². The molecule has 0 aromatic rings. The Bertz CT molecular complexity index is 210. The number of amides is 2. The Labute approximate surface area is 85.4 Å². The van der Waals surface area contributed by atoms with Gasteiger partial charge in [0.2, 0.25) is 11.8 Å². The van der Waals surface area contributed by atoms with Crippen LogP contribution in [0.1, 0.15) is 13.3 Å². The van der Waals surface area contributed by atoms with Crippen LogP contribution in [0.2, 0.25) is 0 Å². The number of rotatable bonds is 5. The van der Waals surface area contributed by atoms with E-state index in [0.717, 1.165) is 0 Å². The first-order chi connectivity index (χ1) is 6.49. The van der Waals surface area contributed by atoms with Crippen molar-refractivity contribution in [3.8, 4) is 0 Å². The van der Waals surface area contributed by atoms with E-state index in [0.29, 0.717) is 0 Å². The summed E-state index contributed by atoms with van der Waals surface area (Å²) in [7, 11) is 2.09. The van der Waals surface area contributed by atoms with Crippen molar-refractivity contribution in [3.05, 3.63) is 0 Å². The van der Waals surface area contributed by atoms with E-state index in [-0.39, 0.29) is 24.8 Å². The van der Waals surface area contributed by atoms with Gasteiger partial charge < -0.3 is 21.9 Å². The van der Waals surface area contributed by atoms with Crippen LogP contribution in [-0.4, -0.2) is 30.4 Å². The van der Waals surface area contributed by atoms with Gasteiger partial charge in [0.15, 0.2) is 0 Å². The predicted octanol–water partition coefficient (Wildman–Crippen LogP) is -1.93. The molecule has 14 heavy (non-hydrogen) atoms. The fourth-order valence-electron chi connectivity index (χ4n) is 0.728. The Morgan fingerprint density at radius 2 is 2.00 bits per heavy atom. The van der Waals surface area contributed by atoms with Gasteiger partial charge in [-0.3, -0.25) is 9.59 Å². The highest BCUT2D eigenvalue weighted by molar-refractivity contribution is 7.15.